The van der Waals surface area contributed by atoms with Crippen LogP contribution < -0.4 is 19.5 Å². The first kappa shape index (κ1) is 33.1. The van der Waals surface area contributed by atoms with Crippen molar-refractivity contribution in [1.82, 2.24) is 25.3 Å². The van der Waals surface area contributed by atoms with Gasteiger partial charge in [0.1, 0.15) is 23.8 Å². The highest BCUT2D eigenvalue weighted by Crippen LogP contribution is 2.37. The molecular weight excluding hydrogens is 604 g/mol. The van der Waals surface area contributed by atoms with E-state index >= 15 is 0 Å². The van der Waals surface area contributed by atoms with Gasteiger partial charge >= 0.3 is 5.97 Å². The summed E-state index contributed by atoms with van der Waals surface area (Å²) in [5, 5.41) is 13.1. The maximum atomic E-state index is 13.3. The minimum Gasteiger partial charge on any atom is -0.588 e. The minimum atomic E-state index is -1.83. The van der Waals surface area contributed by atoms with Crippen LogP contribution in [0.5, 0.6) is 11.6 Å². The summed E-state index contributed by atoms with van der Waals surface area (Å²) >= 11 is -1.83. The van der Waals surface area contributed by atoms with Crippen LogP contribution in [0.2, 0.25) is 0 Å². The smallest absolute Gasteiger partial charge is 0.335 e. The van der Waals surface area contributed by atoms with E-state index in [0.717, 1.165) is 29.5 Å². The Morgan fingerprint density at radius 3 is 2.48 bits per heavy atom. The van der Waals surface area contributed by atoms with Gasteiger partial charge in [0.25, 0.3) is 5.95 Å². The Morgan fingerprint density at radius 1 is 1.11 bits per heavy atom. The summed E-state index contributed by atoms with van der Waals surface area (Å²) in [6.45, 7) is 12.7. The molecule has 1 saturated heterocycles. The molecule has 11 nitrogen and oxygen atoms in total. The standard InChI is InChI=1S/C34H40N6O5S/c1-20(2)45-24-17-35-31(36-18-24)26-13-14-34(5,6)28(37-26)19-44-29-16-27(30-21(3)9-7-10-22(30)4)38-33(39-29)40-46(43)25-12-8-11-23(15-25)32(41)42/h7-12,15-18,20,26,28,37H,13-14,19H2,1-6H3,(H,41,42)(H,38,39,40). The molecule has 3 N–H and O–H groups in total. The predicted molar refractivity (Wildman–Crippen MR) is 176 cm³/mol. The number of ether oxygens (including phenoxy) is 2. The van der Waals surface area contributed by atoms with Crippen molar-refractivity contribution < 1.29 is 23.9 Å². The number of hydrogen-bond acceptors (Lipinski definition) is 10. The van der Waals surface area contributed by atoms with Crippen molar-refractivity contribution in [1.29, 1.82) is 0 Å². The second kappa shape index (κ2) is 14.0. The Balaban J connectivity index is 1.39. The number of nitrogens with zero attached hydrogens (tertiary/aromatic N) is 4. The topological polar surface area (TPSA) is 154 Å². The average Bonchev–Trinajstić information content (AvgIpc) is 3.00. The number of aryl methyl sites for hydroxylation is 2. The van der Waals surface area contributed by atoms with Crippen molar-refractivity contribution in [2.24, 2.45) is 5.41 Å². The molecule has 0 aliphatic carbocycles. The molecule has 12 heteroatoms. The van der Waals surface area contributed by atoms with Crippen molar-refractivity contribution in [2.75, 3.05) is 11.3 Å². The second-order valence-electron chi connectivity index (χ2n) is 12.4. The first-order valence-electron chi connectivity index (χ1n) is 15.2. The number of carboxylic acid groups (broad SMARTS) is 1. The number of benzene rings is 2. The zero-order valence-electron chi connectivity index (χ0n) is 26.9. The van der Waals surface area contributed by atoms with Gasteiger partial charge in [0.05, 0.1) is 35.8 Å². The molecule has 0 spiro atoms. The van der Waals surface area contributed by atoms with Crippen LogP contribution in [0.1, 0.15) is 73.9 Å². The quantitative estimate of drug-likeness (QED) is 0.163. The number of nitrogens with one attached hydrogen (secondary N) is 2. The number of aromatic carboxylic acids is 1. The molecule has 0 saturated carbocycles. The third-order valence-electron chi connectivity index (χ3n) is 8.07. The molecular formula is C34H40N6O5S. The number of carbonyl (C=O) groups is 1. The molecule has 0 radical (unpaired) electrons. The van der Waals surface area contributed by atoms with E-state index in [-0.39, 0.29) is 40.0 Å². The molecule has 0 amide bonds. The largest absolute Gasteiger partial charge is 0.588 e. The van der Waals surface area contributed by atoms with Crippen LogP contribution >= 0.6 is 0 Å². The third-order valence-corrected chi connectivity index (χ3v) is 9.12. The molecule has 2 aromatic carbocycles. The lowest BCUT2D eigenvalue weighted by molar-refractivity contribution is 0.0696. The summed E-state index contributed by atoms with van der Waals surface area (Å²) in [5.41, 5.74) is 3.53. The van der Waals surface area contributed by atoms with Gasteiger partial charge in [0.15, 0.2) is 10.6 Å². The van der Waals surface area contributed by atoms with Gasteiger partial charge < -0.3 is 24.4 Å². The molecule has 2 aromatic heterocycles. The van der Waals surface area contributed by atoms with Gasteiger partial charge in [-0.1, -0.05) is 38.1 Å². The monoisotopic (exact) mass is 644 g/mol. The average molecular weight is 645 g/mol. The molecule has 46 heavy (non-hydrogen) atoms. The van der Waals surface area contributed by atoms with E-state index in [9.17, 15) is 14.5 Å². The van der Waals surface area contributed by atoms with Gasteiger partial charge in [-0.3, -0.25) is 0 Å². The number of anilines is 1. The van der Waals surface area contributed by atoms with Gasteiger partial charge in [0, 0.05) is 23.7 Å². The van der Waals surface area contributed by atoms with Gasteiger partial charge in [-0.2, -0.15) is 9.71 Å². The van der Waals surface area contributed by atoms with Crippen molar-refractivity contribution in [3.8, 4) is 22.9 Å². The maximum absolute atomic E-state index is 13.3. The fourth-order valence-electron chi connectivity index (χ4n) is 5.50. The molecule has 1 fully saturated rings. The molecule has 3 unspecified atom stereocenters. The molecule has 242 valence electrons. The van der Waals surface area contributed by atoms with E-state index < -0.39 is 17.3 Å². The summed E-state index contributed by atoms with van der Waals surface area (Å²) in [5.74, 6) is 0.653. The summed E-state index contributed by atoms with van der Waals surface area (Å²) in [7, 11) is 0. The fraction of sp³-hybridized carbons (Fsp3) is 0.382. The van der Waals surface area contributed by atoms with Crippen molar-refractivity contribution in [3.63, 3.8) is 0 Å². The number of piperidine rings is 1. The molecule has 1 aliphatic rings. The van der Waals surface area contributed by atoms with Gasteiger partial charge in [-0.15, -0.1) is 0 Å². The molecule has 1 aliphatic heterocycles. The fourth-order valence-corrected chi connectivity index (χ4v) is 6.32. The Bertz CT molecular complexity index is 1660. The number of aromatic nitrogens is 4. The highest BCUT2D eigenvalue weighted by Gasteiger charge is 2.38. The number of hydrogen-bond donors (Lipinski definition) is 3. The van der Waals surface area contributed by atoms with Crippen LogP contribution in [-0.2, 0) is 11.4 Å². The first-order chi connectivity index (χ1) is 21.9. The summed E-state index contributed by atoms with van der Waals surface area (Å²) in [4.78, 5) is 30.1. The summed E-state index contributed by atoms with van der Waals surface area (Å²) in [6.07, 6.45) is 5.27. The first-order valence-corrected chi connectivity index (χ1v) is 16.4. The molecule has 5 rings (SSSR count). The van der Waals surface area contributed by atoms with Crippen LogP contribution in [0.15, 0.2) is 65.8 Å². The maximum Gasteiger partial charge on any atom is 0.335 e. The van der Waals surface area contributed by atoms with E-state index in [1.54, 1.807) is 30.6 Å². The highest BCUT2D eigenvalue weighted by molar-refractivity contribution is 7.92. The SMILES string of the molecule is Cc1cccc(C)c1-c1cc(OCC2NC(c3ncc(OC(C)C)cn3)CCC2(C)C)nc(N[S+]([O-])c2cccc(C(=O)O)c2)n1. The Morgan fingerprint density at radius 2 is 1.80 bits per heavy atom. The lowest BCUT2D eigenvalue weighted by atomic mass is 9.75. The van der Waals surface area contributed by atoms with Crippen LogP contribution in [0.3, 0.4) is 0 Å². The number of carboxylic acids is 1. The van der Waals surface area contributed by atoms with Crippen molar-refractivity contribution >= 4 is 23.3 Å². The molecule has 3 heterocycles. The molecule has 4 aromatic rings. The Hall–Kier alpha value is -4.26. The third kappa shape index (κ3) is 7.93. The molecule has 0 bridgehead atoms. The van der Waals surface area contributed by atoms with E-state index in [4.69, 9.17) is 14.5 Å². The van der Waals surface area contributed by atoms with E-state index in [1.165, 1.54) is 12.1 Å². The van der Waals surface area contributed by atoms with E-state index in [2.05, 4.69) is 38.8 Å². The van der Waals surface area contributed by atoms with Crippen molar-refractivity contribution in [3.05, 3.63) is 83.4 Å². The van der Waals surface area contributed by atoms with E-state index in [1.807, 2.05) is 45.9 Å². The van der Waals surface area contributed by atoms with Gasteiger partial charge in [-0.05, 0) is 69.2 Å². The summed E-state index contributed by atoms with van der Waals surface area (Å²) in [6, 6.07) is 13.6. The lowest BCUT2D eigenvalue weighted by Gasteiger charge is -2.42. The van der Waals surface area contributed by atoms with Crippen LogP contribution in [-0.4, -0.2) is 54.3 Å². The van der Waals surface area contributed by atoms with Gasteiger partial charge in [-0.25, -0.2) is 19.7 Å². The van der Waals surface area contributed by atoms with E-state index in [0.29, 0.717) is 29.8 Å². The predicted octanol–water partition coefficient (Wildman–Crippen LogP) is 6.07. The number of rotatable bonds is 11. The lowest BCUT2D eigenvalue weighted by Crippen LogP contribution is -2.51. The zero-order valence-corrected chi connectivity index (χ0v) is 27.7. The molecule has 3 atom stereocenters. The second-order valence-corrected chi connectivity index (χ2v) is 13.7. The van der Waals surface area contributed by atoms with Crippen LogP contribution in [0.25, 0.3) is 11.3 Å². The Labute approximate surface area is 272 Å². The summed E-state index contributed by atoms with van der Waals surface area (Å²) < 4.78 is 28.2. The van der Waals surface area contributed by atoms with Crippen molar-refractivity contribution in [2.45, 2.75) is 77.5 Å². The van der Waals surface area contributed by atoms with Gasteiger partial charge in [0.2, 0.25) is 5.88 Å². The van der Waals surface area contributed by atoms with Crippen LogP contribution in [0, 0.1) is 19.3 Å². The minimum absolute atomic E-state index is 0.0352. The normalized spacial score (nSPS) is 18.2. The Kier molecular flexibility index (Phi) is 10.1. The highest BCUT2D eigenvalue weighted by atomic mass is 32.2. The van der Waals surface area contributed by atoms with Crippen LogP contribution in [0.4, 0.5) is 5.95 Å². The zero-order chi connectivity index (χ0) is 33.0.